The van der Waals surface area contributed by atoms with E-state index < -0.39 is 0 Å². The fraction of sp³-hybridized carbons (Fsp3) is 0.333. The molecule has 0 fully saturated rings. The molecule has 70 valence electrons. The van der Waals surface area contributed by atoms with Crippen molar-refractivity contribution in [1.29, 1.82) is 0 Å². The first-order chi connectivity index (χ1) is 6.18. The molecule has 0 spiro atoms. The van der Waals surface area contributed by atoms with E-state index in [1.807, 2.05) is 12.1 Å². The highest BCUT2D eigenvalue weighted by molar-refractivity contribution is 9.10. The summed E-state index contributed by atoms with van der Waals surface area (Å²) < 4.78 is 6.39. The summed E-state index contributed by atoms with van der Waals surface area (Å²) in [6, 6.07) is 3.82. The van der Waals surface area contributed by atoms with Crippen LogP contribution in [0.5, 0.6) is 5.75 Å². The molecule has 0 unspecified atom stereocenters. The maximum absolute atomic E-state index is 6.00. The topological polar surface area (TPSA) is 35.2 Å². The summed E-state index contributed by atoms with van der Waals surface area (Å²) in [4.78, 5) is 0. The van der Waals surface area contributed by atoms with E-state index in [4.69, 9.17) is 22.1 Å². The second-order valence-electron chi connectivity index (χ2n) is 3.05. The highest BCUT2D eigenvalue weighted by Gasteiger charge is 2.20. The molecule has 1 aromatic carbocycles. The Hall–Kier alpha value is -0.250. The van der Waals surface area contributed by atoms with Gasteiger partial charge in [-0.15, -0.1) is 0 Å². The predicted molar refractivity (Wildman–Crippen MR) is 56.2 cm³/mol. The molecule has 4 heteroatoms. The van der Waals surface area contributed by atoms with Crippen molar-refractivity contribution in [3.05, 3.63) is 27.2 Å². The maximum atomic E-state index is 6.00. The van der Waals surface area contributed by atoms with Crippen LogP contribution >= 0.6 is 27.5 Å². The number of fused-ring (bicyclic) bond motifs is 1. The Morgan fingerprint density at radius 2 is 2.31 bits per heavy atom. The third kappa shape index (κ3) is 1.68. The van der Waals surface area contributed by atoms with Crippen molar-refractivity contribution in [3.8, 4) is 5.75 Å². The van der Waals surface area contributed by atoms with Gasteiger partial charge in [0.2, 0.25) is 0 Å². The number of ether oxygens (including phenoxy) is 1. The molecule has 0 saturated carbocycles. The van der Waals surface area contributed by atoms with Crippen LogP contribution in [0.1, 0.15) is 18.0 Å². The molecule has 13 heavy (non-hydrogen) atoms. The third-order valence-corrected chi connectivity index (χ3v) is 2.85. The van der Waals surface area contributed by atoms with E-state index in [0.717, 1.165) is 22.2 Å². The Bertz CT molecular complexity index is 343. The number of nitrogens with two attached hydrogens (primary N) is 1. The van der Waals surface area contributed by atoms with Gasteiger partial charge < -0.3 is 10.5 Å². The van der Waals surface area contributed by atoms with Crippen molar-refractivity contribution in [2.45, 2.75) is 12.5 Å². The number of hydrogen-bond donors (Lipinski definition) is 1. The molecule has 2 nitrogen and oxygen atoms in total. The molecule has 0 aromatic heterocycles. The second kappa shape index (κ2) is 3.48. The minimum atomic E-state index is 0.0405. The summed E-state index contributed by atoms with van der Waals surface area (Å²) in [5, 5.41) is 0.625. The van der Waals surface area contributed by atoms with Gasteiger partial charge in [0.15, 0.2) is 0 Å². The summed E-state index contributed by atoms with van der Waals surface area (Å²) in [5.41, 5.74) is 6.92. The van der Waals surface area contributed by atoms with Crippen molar-refractivity contribution in [2.75, 3.05) is 6.61 Å². The molecule has 0 aliphatic carbocycles. The van der Waals surface area contributed by atoms with E-state index in [1.165, 1.54) is 0 Å². The van der Waals surface area contributed by atoms with Crippen LogP contribution < -0.4 is 10.5 Å². The Kier molecular flexibility index (Phi) is 2.49. The first-order valence-electron chi connectivity index (χ1n) is 4.06. The summed E-state index contributed by atoms with van der Waals surface area (Å²) in [5.74, 6) is 0.739. The van der Waals surface area contributed by atoms with Gasteiger partial charge in [-0.1, -0.05) is 27.5 Å². The quantitative estimate of drug-likeness (QED) is 0.780. The smallest absolute Gasteiger partial charge is 0.142 e. The SMILES string of the molecule is N[C@H]1CCOc2c(Cl)cc(Br)cc21. The molecule has 1 aliphatic heterocycles. The van der Waals surface area contributed by atoms with Crippen molar-refractivity contribution in [1.82, 2.24) is 0 Å². The van der Waals surface area contributed by atoms with Crippen LogP contribution in [0.4, 0.5) is 0 Å². The average molecular weight is 263 g/mol. The van der Waals surface area contributed by atoms with Crippen molar-refractivity contribution < 1.29 is 4.74 Å². The van der Waals surface area contributed by atoms with Crippen LogP contribution in [0.3, 0.4) is 0 Å². The molecule has 1 heterocycles. The minimum Gasteiger partial charge on any atom is -0.492 e. The lowest BCUT2D eigenvalue weighted by Gasteiger charge is -2.23. The fourth-order valence-corrected chi connectivity index (χ4v) is 2.34. The van der Waals surface area contributed by atoms with Gasteiger partial charge in [-0.2, -0.15) is 0 Å². The molecule has 2 N–H and O–H groups in total. The Balaban J connectivity index is 2.56. The van der Waals surface area contributed by atoms with Crippen LogP contribution in [0.2, 0.25) is 5.02 Å². The average Bonchev–Trinajstić information content (AvgIpc) is 2.07. The Labute approximate surface area is 90.1 Å². The van der Waals surface area contributed by atoms with Crippen LogP contribution in [-0.2, 0) is 0 Å². The molecular weight excluding hydrogens is 253 g/mol. The van der Waals surface area contributed by atoms with Crippen LogP contribution in [0.25, 0.3) is 0 Å². The Morgan fingerprint density at radius 1 is 1.54 bits per heavy atom. The van der Waals surface area contributed by atoms with E-state index >= 15 is 0 Å². The van der Waals surface area contributed by atoms with Gasteiger partial charge >= 0.3 is 0 Å². The first kappa shape index (κ1) is 9.31. The van der Waals surface area contributed by atoms with Crippen molar-refractivity contribution >= 4 is 27.5 Å². The number of halogens is 2. The standard InChI is InChI=1S/C9H9BrClNO/c10-5-3-6-8(12)1-2-13-9(6)7(11)4-5/h3-4,8H,1-2,12H2/t8-/m0/s1. The fourth-order valence-electron chi connectivity index (χ4n) is 1.45. The van der Waals surface area contributed by atoms with Gasteiger partial charge in [-0.25, -0.2) is 0 Å². The molecule has 0 bridgehead atoms. The highest BCUT2D eigenvalue weighted by Crippen LogP contribution is 2.38. The normalized spacial score (nSPS) is 20.7. The van der Waals surface area contributed by atoms with Crippen LogP contribution in [-0.4, -0.2) is 6.61 Å². The molecule has 0 radical (unpaired) electrons. The number of rotatable bonds is 0. The molecule has 1 aromatic rings. The second-order valence-corrected chi connectivity index (χ2v) is 4.37. The summed E-state index contributed by atoms with van der Waals surface area (Å²) in [6.07, 6.45) is 0.847. The predicted octanol–water partition coefficient (Wildman–Crippen LogP) is 2.88. The van der Waals surface area contributed by atoms with Gasteiger partial charge in [-0.05, 0) is 12.1 Å². The van der Waals surface area contributed by atoms with Gasteiger partial charge in [0.25, 0.3) is 0 Å². The summed E-state index contributed by atoms with van der Waals surface area (Å²) >= 11 is 9.38. The van der Waals surface area contributed by atoms with Gasteiger partial charge in [0.1, 0.15) is 5.75 Å². The van der Waals surface area contributed by atoms with Crippen LogP contribution in [0, 0.1) is 0 Å². The number of hydrogen-bond acceptors (Lipinski definition) is 2. The third-order valence-electron chi connectivity index (χ3n) is 2.11. The van der Waals surface area contributed by atoms with E-state index in [2.05, 4.69) is 15.9 Å². The largest absolute Gasteiger partial charge is 0.492 e. The molecule has 1 aliphatic rings. The zero-order chi connectivity index (χ0) is 9.42. The zero-order valence-corrected chi connectivity index (χ0v) is 9.23. The van der Waals surface area contributed by atoms with E-state index in [-0.39, 0.29) is 6.04 Å². The summed E-state index contributed by atoms with van der Waals surface area (Å²) in [7, 11) is 0. The van der Waals surface area contributed by atoms with E-state index in [9.17, 15) is 0 Å². The van der Waals surface area contributed by atoms with Gasteiger partial charge in [-0.3, -0.25) is 0 Å². The lowest BCUT2D eigenvalue weighted by molar-refractivity contribution is 0.269. The minimum absolute atomic E-state index is 0.0405. The zero-order valence-electron chi connectivity index (χ0n) is 6.89. The Morgan fingerprint density at radius 3 is 3.08 bits per heavy atom. The molecule has 0 amide bonds. The lowest BCUT2D eigenvalue weighted by atomic mass is 10.0. The van der Waals surface area contributed by atoms with Gasteiger partial charge in [0, 0.05) is 22.5 Å². The number of benzene rings is 1. The van der Waals surface area contributed by atoms with E-state index in [0.29, 0.717) is 11.6 Å². The summed E-state index contributed by atoms with van der Waals surface area (Å²) in [6.45, 7) is 0.648. The molecular formula is C9H9BrClNO. The van der Waals surface area contributed by atoms with Crippen LogP contribution in [0.15, 0.2) is 16.6 Å². The van der Waals surface area contributed by atoms with Crippen molar-refractivity contribution in [3.63, 3.8) is 0 Å². The molecule has 1 atom stereocenters. The first-order valence-corrected chi connectivity index (χ1v) is 5.23. The monoisotopic (exact) mass is 261 g/mol. The molecule has 0 saturated heterocycles. The highest BCUT2D eigenvalue weighted by atomic mass is 79.9. The van der Waals surface area contributed by atoms with Gasteiger partial charge in [0.05, 0.1) is 11.6 Å². The molecule has 2 rings (SSSR count). The van der Waals surface area contributed by atoms with Crippen molar-refractivity contribution in [2.24, 2.45) is 5.73 Å². The lowest BCUT2D eigenvalue weighted by Crippen LogP contribution is -2.20. The van der Waals surface area contributed by atoms with E-state index in [1.54, 1.807) is 0 Å². The maximum Gasteiger partial charge on any atom is 0.142 e.